The number of amides is 3. The smallest absolute Gasteiger partial charge is 0.321 e. The average molecular weight is 243 g/mol. The summed E-state index contributed by atoms with van der Waals surface area (Å²) in [6.45, 7) is 6.96. The number of carbonyl (C=O) groups is 2. The Balaban J connectivity index is 3.57. The van der Waals surface area contributed by atoms with E-state index in [-0.39, 0.29) is 5.91 Å². The van der Waals surface area contributed by atoms with E-state index >= 15 is 0 Å². The van der Waals surface area contributed by atoms with Gasteiger partial charge in [0.15, 0.2) is 0 Å². The van der Waals surface area contributed by atoms with Gasteiger partial charge in [0.2, 0.25) is 5.91 Å². The summed E-state index contributed by atoms with van der Waals surface area (Å²) >= 11 is 0. The monoisotopic (exact) mass is 243 g/mol. The van der Waals surface area contributed by atoms with Crippen LogP contribution in [0.25, 0.3) is 0 Å². The number of ether oxygens (including phenoxy) is 1. The van der Waals surface area contributed by atoms with E-state index in [4.69, 9.17) is 4.74 Å². The normalized spacial score (nSPS) is 11.6. The summed E-state index contributed by atoms with van der Waals surface area (Å²) in [5, 5.41) is 7.44. The molecule has 0 saturated heterocycles. The Hall–Kier alpha value is -1.40. The highest BCUT2D eigenvalue weighted by molar-refractivity contribution is 5.96. The standard InChI is InChI=1S/C11H21N3O3/c1-4-5-7-17-8-6-13-9(2)10(15)14-11(16)12-3/h4,9,13H,1,5-8H2,2-3H3,(H2,12,14,15,16). The summed E-state index contributed by atoms with van der Waals surface area (Å²) in [4.78, 5) is 22.3. The number of urea groups is 1. The molecule has 98 valence electrons. The summed E-state index contributed by atoms with van der Waals surface area (Å²) in [5.74, 6) is -0.365. The summed E-state index contributed by atoms with van der Waals surface area (Å²) in [5.41, 5.74) is 0. The molecular weight excluding hydrogens is 222 g/mol. The van der Waals surface area contributed by atoms with Crippen molar-refractivity contribution in [1.29, 1.82) is 0 Å². The molecule has 1 unspecified atom stereocenters. The topological polar surface area (TPSA) is 79.5 Å². The fourth-order valence-corrected chi connectivity index (χ4v) is 0.992. The lowest BCUT2D eigenvalue weighted by atomic mass is 10.3. The molecule has 3 amide bonds. The molecule has 0 spiro atoms. The number of nitrogens with one attached hydrogen (secondary N) is 3. The van der Waals surface area contributed by atoms with Crippen LogP contribution in [-0.4, -0.2) is 44.8 Å². The molecule has 0 rings (SSSR count). The van der Waals surface area contributed by atoms with Crippen LogP contribution in [0.1, 0.15) is 13.3 Å². The molecule has 0 aliphatic heterocycles. The third kappa shape index (κ3) is 8.41. The summed E-state index contributed by atoms with van der Waals surface area (Å²) in [6, 6.07) is -0.943. The minimum Gasteiger partial charge on any atom is -0.380 e. The van der Waals surface area contributed by atoms with Crippen LogP contribution in [0.15, 0.2) is 12.7 Å². The van der Waals surface area contributed by atoms with Gasteiger partial charge < -0.3 is 15.4 Å². The van der Waals surface area contributed by atoms with E-state index in [1.54, 1.807) is 13.0 Å². The van der Waals surface area contributed by atoms with E-state index in [1.165, 1.54) is 7.05 Å². The molecule has 17 heavy (non-hydrogen) atoms. The Kier molecular flexibility index (Phi) is 8.99. The molecule has 0 fully saturated rings. The zero-order chi connectivity index (χ0) is 13.1. The summed E-state index contributed by atoms with van der Waals surface area (Å²) in [6.07, 6.45) is 2.60. The molecule has 1 atom stereocenters. The van der Waals surface area contributed by atoms with Crippen molar-refractivity contribution < 1.29 is 14.3 Å². The van der Waals surface area contributed by atoms with Crippen LogP contribution in [-0.2, 0) is 9.53 Å². The first kappa shape index (κ1) is 15.6. The summed E-state index contributed by atoms with van der Waals surface area (Å²) < 4.78 is 5.26. The predicted molar refractivity (Wildman–Crippen MR) is 65.7 cm³/mol. The fourth-order valence-electron chi connectivity index (χ4n) is 0.992. The third-order valence-electron chi connectivity index (χ3n) is 2.02. The first-order valence-electron chi connectivity index (χ1n) is 5.56. The molecule has 6 nitrogen and oxygen atoms in total. The molecule has 0 bridgehead atoms. The molecule has 0 aromatic heterocycles. The molecular formula is C11H21N3O3. The average Bonchev–Trinajstić information content (AvgIpc) is 2.32. The summed E-state index contributed by atoms with van der Waals surface area (Å²) in [7, 11) is 1.45. The molecule has 3 N–H and O–H groups in total. The van der Waals surface area contributed by atoms with E-state index < -0.39 is 12.1 Å². The first-order valence-corrected chi connectivity index (χ1v) is 5.56. The minimum atomic E-state index is -0.508. The molecule has 0 saturated carbocycles. The molecule has 0 aromatic carbocycles. The van der Waals surface area contributed by atoms with Crippen molar-refractivity contribution in [2.24, 2.45) is 0 Å². The van der Waals surface area contributed by atoms with Crippen molar-refractivity contribution in [3.8, 4) is 0 Å². The number of hydrogen-bond acceptors (Lipinski definition) is 4. The lowest BCUT2D eigenvalue weighted by molar-refractivity contribution is -0.121. The number of imide groups is 1. The molecule has 0 heterocycles. The lowest BCUT2D eigenvalue weighted by Gasteiger charge is -2.13. The second-order valence-corrected chi connectivity index (χ2v) is 3.43. The van der Waals surface area contributed by atoms with Crippen molar-refractivity contribution in [1.82, 2.24) is 16.0 Å². The van der Waals surface area contributed by atoms with Crippen LogP contribution in [0.3, 0.4) is 0 Å². The van der Waals surface area contributed by atoms with Gasteiger partial charge in [-0.05, 0) is 13.3 Å². The Morgan fingerprint density at radius 1 is 1.41 bits per heavy atom. The van der Waals surface area contributed by atoms with E-state index in [0.717, 1.165) is 6.42 Å². The Morgan fingerprint density at radius 2 is 2.12 bits per heavy atom. The Bertz CT molecular complexity index is 256. The molecule has 0 radical (unpaired) electrons. The van der Waals surface area contributed by atoms with Gasteiger partial charge in [0.1, 0.15) is 0 Å². The maximum absolute atomic E-state index is 11.4. The fraction of sp³-hybridized carbons (Fsp3) is 0.636. The number of rotatable bonds is 8. The predicted octanol–water partition coefficient (Wildman–Crippen LogP) is 0.0128. The van der Waals surface area contributed by atoms with Gasteiger partial charge in [0.25, 0.3) is 0 Å². The highest BCUT2D eigenvalue weighted by Gasteiger charge is 2.13. The SMILES string of the molecule is C=CCCOCCNC(C)C(=O)NC(=O)NC. The van der Waals surface area contributed by atoms with Crippen LogP contribution >= 0.6 is 0 Å². The van der Waals surface area contributed by atoms with Crippen LogP contribution in [0.2, 0.25) is 0 Å². The van der Waals surface area contributed by atoms with Gasteiger partial charge in [0, 0.05) is 13.6 Å². The molecule has 6 heteroatoms. The van der Waals surface area contributed by atoms with E-state index in [0.29, 0.717) is 19.8 Å². The zero-order valence-corrected chi connectivity index (χ0v) is 10.4. The third-order valence-corrected chi connectivity index (χ3v) is 2.02. The van der Waals surface area contributed by atoms with Crippen molar-refractivity contribution in [3.63, 3.8) is 0 Å². The van der Waals surface area contributed by atoms with Crippen molar-refractivity contribution in [2.75, 3.05) is 26.8 Å². The molecule has 0 aromatic rings. The van der Waals surface area contributed by atoms with Gasteiger partial charge in [0.05, 0.1) is 19.3 Å². The van der Waals surface area contributed by atoms with E-state index in [2.05, 4.69) is 22.5 Å². The van der Waals surface area contributed by atoms with Gasteiger partial charge in [-0.1, -0.05) is 6.08 Å². The first-order chi connectivity index (χ1) is 8.11. The van der Waals surface area contributed by atoms with Gasteiger partial charge >= 0.3 is 6.03 Å². The second kappa shape index (κ2) is 9.80. The molecule has 0 aliphatic rings. The van der Waals surface area contributed by atoms with Crippen molar-refractivity contribution in [2.45, 2.75) is 19.4 Å². The van der Waals surface area contributed by atoms with Crippen LogP contribution in [0.4, 0.5) is 4.79 Å². The van der Waals surface area contributed by atoms with Crippen molar-refractivity contribution in [3.05, 3.63) is 12.7 Å². The highest BCUT2D eigenvalue weighted by Crippen LogP contribution is 1.84. The maximum Gasteiger partial charge on any atom is 0.321 e. The van der Waals surface area contributed by atoms with Gasteiger partial charge in [-0.25, -0.2) is 4.79 Å². The van der Waals surface area contributed by atoms with Gasteiger partial charge in [-0.15, -0.1) is 6.58 Å². The quantitative estimate of drug-likeness (QED) is 0.414. The Morgan fingerprint density at radius 3 is 2.71 bits per heavy atom. The second-order valence-electron chi connectivity index (χ2n) is 3.43. The Labute approximate surface area is 102 Å². The maximum atomic E-state index is 11.4. The van der Waals surface area contributed by atoms with E-state index in [9.17, 15) is 9.59 Å². The zero-order valence-electron chi connectivity index (χ0n) is 10.4. The van der Waals surface area contributed by atoms with E-state index in [1.807, 2.05) is 0 Å². The minimum absolute atomic E-state index is 0.365. The van der Waals surface area contributed by atoms with Crippen molar-refractivity contribution >= 4 is 11.9 Å². The lowest BCUT2D eigenvalue weighted by Crippen LogP contribution is -2.47. The van der Waals surface area contributed by atoms with Gasteiger partial charge in [-0.3, -0.25) is 10.1 Å². The van der Waals surface area contributed by atoms with Gasteiger partial charge in [-0.2, -0.15) is 0 Å². The van der Waals surface area contributed by atoms with Crippen LogP contribution < -0.4 is 16.0 Å². The largest absolute Gasteiger partial charge is 0.380 e. The number of carbonyl (C=O) groups excluding carboxylic acids is 2. The highest BCUT2D eigenvalue weighted by atomic mass is 16.5. The number of hydrogen-bond donors (Lipinski definition) is 3. The molecule has 0 aliphatic carbocycles. The van der Waals surface area contributed by atoms with Crippen LogP contribution in [0.5, 0.6) is 0 Å². The van der Waals surface area contributed by atoms with Crippen LogP contribution in [0, 0.1) is 0 Å².